The Bertz CT molecular complexity index is 607. The number of sulfonamides is 1. The van der Waals surface area contributed by atoms with Gasteiger partial charge in [-0.25, -0.2) is 13.1 Å². The third-order valence-corrected chi connectivity index (χ3v) is 5.18. The van der Waals surface area contributed by atoms with E-state index in [0.717, 1.165) is 12.0 Å². The van der Waals surface area contributed by atoms with Crippen molar-refractivity contribution in [2.45, 2.75) is 37.0 Å². The Kier molecular flexibility index (Phi) is 5.80. The molecule has 0 heterocycles. The van der Waals surface area contributed by atoms with Crippen molar-refractivity contribution < 1.29 is 13.5 Å². The molecule has 1 fully saturated rings. The normalized spacial score (nSPS) is 15.1. The highest BCUT2D eigenvalue weighted by atomic mass is 32.2. The third-order valence-electron chi connectivity index (χ3n) is 3.70. The molecule has 0 bridgehead atoms. The molecule has 0 radical (unpaired) electrons. The smallest absolute Gasteiger partial charge is 0.240 e. The Labute approximate surface area is 126 Å². The van der Waals surface area contributed by atoms with Crippen molar-refractivity contribution in [2.24, 2.45) is 5.92 Å². The van der Waals surface area contributed by atoms with Crippen molar-refractivity contribution in [1.82, 2.24) is 4.72 Å². The first-order valence-corrected chi connectivity index (χ1v) is 8.79. The number of aliphatic hydroxyl groups excluding tert-OH is 1. The van der Waals surface area contributed by atoms with E-state index in [-0.39, 0.29) is 11.5 Å². The maximum Gasteiger partial charge on any atom is 0.240 e. The summed E-state index contributed by atoms with van der Waals surface area (Å²) in [6, 6.07) is 6.50. The Morgan fingerprint density at radius 1 is 1.24 bits per heavy atom. The van der Waals surface area contributed by atoms with Gasteiger partial charge in [0, 0.05) is 18.5 Å². The molecule has 2 N–H and O–H groups in total. The second-order valence-corrected chi connectivity index (χ2v) is 7.05. The van der Waals surface area contributed by atoms with Crippen molar-refractivity contribution in [3.05, 3.63) is 29.8 Å². The van der Waals surface area contributed by atoms with Crippen molar-refractivity contribution in [1.29, 1.82) is 0 Å². The van der Waals surface area contributed by atoms with Crippen LogP contribution in [0, 0.1) is 17.8 Å². The summed E-state index contributed by atoms with van der Waals surface area (Å²) in [6.07, 6.45) is 5.06. The molecule has 1 aromatic rings. The maximum atomic E-state index is 12.1. The fourth-order valence-corrected chi connectivity index (χ4v) is 3.25. The van der Waals surface area contributed by atoms with Crippen LogP contribution < -0.4 is 4.72 Å². The minimum Gasteiger partial charge on any atom is -0.395 e. The molecule has 21 heavy (non-hydrogen) atoms. The van der Waals surface area contributed by atoms with E-state index in [1.807, 2.05) is 0 Å². The Morgan fingerprint density at radius 3 is 2.52 bits per heavy atom. The van der Waals surface area contributed by atoms with E-state index in [0.29, 0.717) is 18.9 Å². The highest BCUT2D eigenvalue weighted by Crippen LogP contribution is 2.28. The van der Waals surface area contributed by atoms with Gasteiger partial charge in [-0.05, 0) is 36.6 Å². The van der Waals surface area contributed by atoms with Crippen LogP contribution in [0.1, 0.15) is 37.7 Å². The van der Waals surface area contributed by atoms with Crippen molar-refractivity contribution >= 4 is 10.0 Å². The number of hydrogen-bond acceptors (Lipinski definition) is 3. The molecule has 2 rings (SSSR count). The molecular weight excluding hydrogens is 286 g/mol. The van der Waals surface area contributed by atoms with Crippen molar-refractivity contribution in [3.8, 4) is 11.8 Å². The molecule has 4 nitrogen and oxygen atoms in total. The van der Waals surface area contributed by atoms with E-state index in [1.54, 1.807) is 24.3 Å². The lowest BCUT2D eigenvalue weighted by atomic mass is 9.83. The number of nitrogens with one attached hydrogen (secondary N) is 1. The van der Waals surface area contributed by atoms with Crippen LogP contribution in [0.4, 0.5) is 0 Å². The van der Waals surface area contributed by atoms with E-state index in [2.05, 4.69) is 16.6 Å². The highest BCUT2D eigenvalue weighted by Gasteiger charge is 2.19. The molecule has 0 aliphatic heterocycles. The standard InChI is InChI=1S/C16H21NO3S/c18-13-2-1-4-15-7-9-16(10-8-15)21(19,20)17-12-11-14-5-3-6-14/h7-10,14,17-18H,2-3,5-6,11-13H2. The molecule has 1 aromatic carbocycles. The lowest BCUT2D eigenvalue weighted by molar-refractivity contribution is 0.297. The van der Waals surface area contributed by atoms with Crippen LogP contribution >= 0.6 is 0 Å². The molecule has 1 saturated carbocycles. The summed E-state index contributed by atoms with van der Waals surface area (Å²) < 4.78 is 26.9. The van der Waals surface area contributed by atoms with Crippen molar-refractivity contribution in [2.75, 3.05) is 13.2 Å². The summed E-state index contributed by atoms with van der Waals surface area (Å²) in [6.45, 7) is 0.537. The first kappa shape index (κ1) is 16.0. The Morgan fingerprint density at radius 2 is 1.95 bits per heavy atom. The van der Waals surface area contributed by atoms with Gasteiger partial charge in [0.05, 0.1) is 11.5 Å². The monoisotopic (exact) mass is 307 g/mol. The largest absolute Gasteiger partial charge is 0.395 e. The van der Waals surface area contributed by atoms with Gasteiger partial charge in [-0.1, -0.05) is 31.1 Å². The van der Waals surface area contributed by atoms with Crippen LogP contribution in [0.5, 0.6) is 0 Å². The molecule has 0 amide bonds. The molecule has 114 valence electrons. The fourth-order valence-electron chi connectivity index (χ4n) is 2.20. The molecular formula is C16H21NO3S. The van der Waals surface area contributed by atoms with Gasteiger partial charge < -0.3 is 5.11 Å². The number of benzene rings is 1. The predicted octanol–water partition coefficient (Wildman–Crippen LogP) is 1.89. The van der Waals surface area contributed by atoms with Gasteiger partial charge in [0.15, 0.2) is 0 Å². The number of hydrogen-bond donors (Lipinski definition) is 2. The zero-order valence-corrected chi connectivity index (χ0v) is 12.8. The van der Waals surface area contributed by atoms with E-state index in [4.69, 9.17) is 5.11 Å². The average molecular weight is 307 g/mol. The van der Waals surface area contributed by atoms with Crippen LogP contribution in [-0.4, -0.2) is 26.7 Å². The maximum absolute atomic E-state index is 12.1. The van der Waals surface area contributed by atoms with Crippen LogP contribution in [0.25, 0.3) is 0 Å². The molecule has 1 aliphatic rings. The minimum atomic E-state index is -3.42. The first-order valence-electron chi connectivity index (χ1n) is 7.31. The van der Waals surface area contributed by atoms with E-state index < -0.39 is 10.0 Å². The Balaban J connectivity index is 1.91. The molecule has 5 heteroatoms. The molecule has 0 spiro atoms. The van der Waals surface area contributed by atoms with Gasteiger partial charge in [-0.2, -0.15) is 0 Å². The number of aliphatic hydroxyl groups is 1. The van der Waals surface area contributed by atoms with Crippen LogP contribution in [0.3, 0.4) is 0 Å². The van der Waals surface area contributed by atoms with E-state index in [1.165, 1.54) is 19.3 Å². The first-order chi connectivity index (χ1) is 10.1. The molecule has 1 aliphatic carbocycles. The molecule has 0 saturated heterocycles. The Hall–Kier alpha value is -1.35. The fraction of sp³-hybridized carbons (Fsp3) is 0.500. The highest BCUT2D eigenvalue weighted by molar-refractivity contribution is 7.89. The van der Waals surface area contributed by atoms with Crippen LogP contribution in [0.15, 0.2) is 29.2 Å². The van der Waals surface area contributed by atoms with E-state index in [9.17, 15) is 8.42 Å². The predicted molar refractivity (Wildman–Crippen MR) is 82.2 cm³/mol. The molecule has 0 atom stereocenters. The number of rotatable bonds is 6. The second kappa shape index (κ2) is 7.60. The van der Waals surface area contributed by atoms with Crippen LogP contribution in [0.2, 0.25) is 0 Å². The molecule has 0 unspecified atom stereocenters. The van der Waals surface area contributed by atoms with Crippen LogP contribution in [-0.2, 0) is 10.0 Å². The van der Waals surface area contributed by atoms with Gasteiger partial charge >= 0.3 is 0 Å². The summed E-state index contributed by atoms with van der Waals surface area (Å²) in [5.74, 6) is 6.37. The summed E-state index contributed by atoms with van der Waals surface area (Å²) in [7, 11) is -3.42. The van der Waals surface area contributed by atoms with Gasteiger partial charge in [0.1, 0.15) is 0 Å². The lowest BCUT2D eigenvalue weighted by Gasteiger charge is -2.25. The zero-order chi connectivity index (χ0) is 15.1. The average Bonchev–Trinajstić information content (AvgIpc) is 2.42. The van der Waals surface area contributed by atoms with Crippen molar-refractivity contribution in [3.63, 3.8) is 0 Å². The quantitative estimate of drug-likeness (QED) is 0.789. The topological polar surface area (TPSA) is 66.4 Å². The third kappa shape index (κ3) is 4.85. The summed E-state index contributed by atoms with van der Waals surface area (Å²) in [5.41, 5.74) is 0.747. The van der Waals surface area contributed by atoms with Gasteiger partial charge in [0.2, 0.25) is 10.0 Å². The zero-order valence-electron chi connectivity index (χ0n) is 12.0. The summed E-state index contributed by atoms with van der Waals surface area (Å²) >= 11 is 0. The second-order valence-electron chi connectivity index (χ2n) is 5.28. The van der Waals surface area contributed by atoms with E-state index >= 15 is 0 Å². The molecule has 0 aromatic heterocycles. The SMILES string of the molecule is O=S(=O)(NCCC1CCC1)c1ccc(C#CCCO)cc1. The van der Waals surface area contributed by atoms with Gasteiger partial charge in [-0.15, -0.1) is 0 Å². The summed E-state index contributed by atoms with van der Waals surface area (Å²) in [5, 5.41) is 8.65. The summed E-state index contributed by atoms with van der Waals surface area (Å²) in [4.78, 5) is 0.267. The van der Waals surface area contributed by atoms with Gasteiger partial charge in [0.25, 0.3) is 0 Å². The van der Waals surface area contributed by atoms with Gasteiger partial charge in [-0.3, -0.25) is 0 Å². The lowest BCUT2D eigenvalue weighted by Crippen LogP contribution is -2.27. The minimum absolute atomic E-state index is 0.0321.